The Morgan fingerprint density at radius 3 is 2.20 bits per heavy atom. The lowest BCUT2D eigenvalue weighted by Gasteiger charge is -2.18. The first-order valence-electron chi connectivity index (χ1n) is 7.94. The molecule has 0 spiro atoms. The van der Waals surface area contributed by atoms with Crippen LogP contribution in [0.25, 0.3) is 11.1 Å². The van der Waals surface area contributed by atoms with Crippen LogP contribution in [0.1, 0.15) is 17.2 Å². The summed E-state index contributed by atoms with van der Waals surface area (Å²) in [4.78, 5) is 0. The minimum absolute atomic E-state index is 0.0719. The average Bonchev–Trinajstić information content (AvgIpc) is 3.18. The van der Waals surface area contributed by atoms with Gasteiger partial charge < -0.3 is 0 Å². The summed E-state index contributed by atoms with van der Waals surface area (Å²) in [6.45, 7) is 0. The Labute approximate surface area is 154 Å². The molecule has 25 heavy (non-hydrogen) atoms. The Balaban J connectivity index is 1.75. The number of aromatic nitrogens is 4. The lowest BCUT2D eigenvalue weighted by molar-refractivity contribution is 0.570. The fourth-order valence-electron chi connectivity index (χ4n) is 2.95. The molecule has 0 amide bonds. The fourth-order valence-corrected chi connectivity index (χ4v) is 3.37. The van der Waals surface area contributed by atoms with Crippen LogP contribution < -0.4 is 0 Å². The summed E-state index contributed by atoms with van der Waals surface area (Å²) in [7, 11) is 0. The van der Waals surface area contributed by atoms with Gasteiger partial charge in [-0.2, -0.15) is 0 Å². The molecule has 0 saturated carbocycles. The monoisotopic (exact) mass is 390 g/mol. The second kappa shape index (κ2) is 6.99. The molecule has 4 rings (SSSR count). The lowest BCUT2D eigenvalue weighted by atomic mass is 9.96. The Hall–Kier alpha value is -2.79. The van der Waals surface area contributed by atoms with E-state index >= 15 is 0 Å². The van der Waals surface area contributed by atoms with Gasteiger partial charge in [0.1, 0.15) is 12.4 Å². The number of nitrogens with zero attached hydrogens (tertiary/aromatic N) is 4. The highest BCUT2D eigenvalue weighted by Gasteiger charge is 2.18. The van der Waals surface area contributed by atoms with E-state index in [9.17, 15) is 0 Å². The number of hydrogen-bond acceptors (Lipinski definition) is 3. The van der Waals surface area contributed by atoms with Gasteiger partial charge in [0, 0.05) is 4.47 Å². The van der Waals surface area contributed by atoms with Gasteiger partial charge in [0.15, 0.2) is 0 Å². The van der Waals surface area contributed by atoms with Crippen LogP contribution >= 0.6 is 15.9 Å². The van der Waals surface area contributed by atoms with E-state index in [1.54, 1.807) is 11.0 Å². The van der Waals surface area contributed by atoms with Crippen LogP contribution in [0.3, 0.4) is 0 Å². The normalized spacial score (nSPS) is 12.0. The molecule has 1 heterocycles. The van der Waals surface area contributed by atoms with E-state index in [2.05, 4.69) is 92.1 Å². The topological polar surface area (TPSA) is 43.6 Å². The second-order valence-electron chi connectivity index (χ2n) is 5.74. The van der Waals surface area contributed by atoms with Crippen molar-refractivity contribution in [2.24, 2.45) is 0 Å². The SMILES string of the molecule is Brc1cccc(C(c2ccc(-c3ccccc3)cc2)n2cnnn2)c1. The molecule has 0 radical (unpaired) electrons. The Morgan fingerprint density at radius 1 is 0.760 bits per heavy atom. The summed E-state index contributed by atoms with van der Waals surface area (Å²) < 4.78 is 2.81. The molecular weight excluding hydrogens is 376 g/mol. The number of tetrazole rings is 1. The molecule has 1 aromatic heterocycles. The molecule has 4 nitrogen and oxygen atoms in total. The predicted octanol–water partition coefficient (Wildman–Crippen LogP) is 4.74. The highest BCUT2D eigenvalue weighted by Crippen LogP contribution is 2.29. The average molecular weight is 391 g/mol. The van der Waals surface area contributed by atoms with Crippen LogP contribution in [-0.4, -0.2) is 20.2 Å². The van der Waals surface area contributed by atoms with Gasteiger partial charge >= 0.3 is 0 Å². The van der Waals surface area contributed by atoms with Crippen molar-refractivity contribution in [2.45, 2.75) is 6.04 Å². The van der Waals surface area contributed by atoms with E-state index in [4.69, 9.17) is 0 Å². The van der Waals surface area contributed by atoms with Crippen LogP contribution in [0.15, 0.2) is 89.7 Å². The predicted molar refractivity (Wildman–Crippen MR) is 101 cm³/mol. The molecule has 1 atom stereocenters. The van der Waals surface area contributed by atoms with Crippen LogP contribution in [0.5, 0.6) is 0 Å². The van der Waals surface area contributed by atoms with Crippen molar-refractivity contribution in [3.63, 3.8) is 0 Å². The first-order chi connectivity index (χ1) is 12.3. The summed E-state index contributed by atoms with van der Waals surface area (Å²) >= 11 is 3.55. The molecule has 0 fully saturated rings. The van der Waals surface area contributed by atoms with Gasteiger partial charge in [-0.25, -0.2) is 4.68 Å². The molecule has 0 bridgehead atoms. The van der Waals surface area contributed by atoms with Gasteiger partial charge in [0.2, 0.25) is 0 Å². The third-order valence-electron chi connectivity index (χ3n) is 4.13. The van der Waals surface area contributed by atoms with Gasteiger partial charge in [-0.3, -0.25) is 0 Å². The molecule has 0 aliphatic carbocycles. The van der Waals surface area contributed by atoms with E-state index in [0.717, 1.165) is 15.6 Å². The number of rotatable bonds is 4. The third kappa shape index (κ3) is 3.37. The van der Waals surface area contributed by atoms with Gasteiger partial charge in [0.25, 0.3) is 0 Å². The molecule has 5 heteroatoms. The van der Waals surface area contributed by atoms with Crippen molar-refractivity contribution in [3.05, 3.63) is 101 Å². The van der Waals surface area contributed by atoms with Gasteiger partial charge in [-0.1, -0.05) is 82.7 Å². The molecule has 0 aliphatic heterocycles. The largest absolute Gasteiger partial charge is 0.221 e. The van der Waals surface area contributed by atoms with Crippen molar-refractivity contribution >= 4 is 15.9 Å². The molecule has 3 aromatic carbocycles. The van der Waals surface area contributed by atoms with Crippen molar-refractivity contribution < 1.29 is 0 Å². The van der Waals surface area contributed by atoms with E-state index in [1.807, 2.05) is 18.2 Å². The first kappa shape index (κ1) is 15.7. The summed E-state index contributed by atoms with van der Waals surface area (Å²) in [5.41, 5.74) is 4.64. The minimum Gasteiger partial charge on any atom is -0.221 e. The van der Waals surface area contributed by atoms with E-state index < -0.39 is 0 Å². The standard InChI is InChI=1S/C20H15BrN4/c21-19-8-4-7-18(13-19)20(25-14-22-23-24-25)17-11-9-16(10-12-17)15-5-2-1-3-6-15/h1-14,20H. The number of benzene rings is 3. The Bertz CT molecular complexity index is 951. The maximum Gasteiger partial charge on any atom is 0.139 e. The minimum atomic E-state index is -0.0719. The van der Waals surface area contributed by atoms with Gasteiger partial charge in [-0.15, -0.1) is 5.10 Å². The Kier molecular flexibility index (Phi) is 4.39. The summed E-state index contributed by atoms with van der Waals surface area (Å²) in [5, 5.41) is 11.7. The van der Waals surface area contributed by atoms with Crippen molar-refractivity contribution in [1.29, 1.82) is 0 Å². The molecule has 0 aliphatic rings. The van der Waals surface area contributed by atoms with Crippen LogP contribution in [0, 0.1) is 0 Å². The maximum atomic E-state index is 4.12. The fraction of sp³-hybridized carbons (Fsp3) is 0.0500. The molecular formula is C20H15BrN4. The summed E-state index contributed by atoms with van der Waals surface area (Å²) in [6, 6.07) is 27.0. The Morgan fingerprint density at radius 2 is 1.52 bits per heavy atom. The zero-order valence-electron chi connectivity index (χ0n) is 13.3. The van der Waals surface area contributed by atoms with E-state index in [1.165, 1.54) is 11.1 Å². The van der Waals surface area contributed by atoms with Crippen molar-refractivity contribution in [2.75, 3.05) is 0 Å². The highest BCUT2D eigenvalue weighted by atomic mass is 79.9. The highest BCUT2D eigenvalue weighted by molar-refractivity contribution is 9.10. The van der Waals surface area contributed by atoms with Crippen molar-refractivity contribution in [3.8, 4) is 11.1 Å². The van der Waals surface area contributed by atoms with Crippen LogP contribution in [-0.2, 0) is 0 Å². The zero-order valence-corrected chi connectivity index (χ0v) is 14.9. The lowest BCUT2D eigenvalue weighted by Crippen LogP contribution is -2.13. The van der Waals surface area contributed by atoms with Crippen LogP contribution in [0.2, 0.25) is 0 Å². The molecule has 1 unspecified atom stereocenters. The molecule has 0 N–H and O–H groups in total. The maximum absolute atomic E-state index is 4.12. The first-order valence-corrected chi connectivity index (χ1v) is 8.74. The quantitative estimate of drug-likeness (QED) is 0.505. The summed E-state index contributed by atoms with van der Waals surface area (Å²) in [5.74, 6) is 0. The van der Waals surface area contributed by atoms with E-state index in [0.29, 0.717) is 0 Å². The second-order valence-corrected chi connectivity index (χ2v) is 6.65. The molecule has 0 saturated heterocycles. The van der Waals surface area contributed by atoms with Gasteiger partial charge in [0.05, 0.1) is 0 Å². The third-order valence-corrected chi connectivity index (χ3v) is 4.62. The van der Waals surface area contributed by atoms with Crippen molar-refractivity contribution in [1.82, 2.24) is 20.2 Å². The smallest absolute Gasteiger partial charge is 0.139 e. The van der Waals surface area contributed by atoms with Crippen LogP contribution in [0.4, 0.5) is 0 Å². The number of hydrogen-bond donors (Lipinski definition) is 0. The molecule has 4 aromatic rings. The zero-order chi connectivity index (χ0) is 17.1. The summed E-state index contributed by atoms with van der Waals surface area (Å²) in [6.07, 6.45) is 1.65. The van der Waals surface area contributed by atoms with Gasteiger partial charge in [-0.05, 0) is 44.8 Å². The van der Waals surface area contributed by atoms with E-state index in [-0.39, 0.29) is 6.04 Å². The number of halogens is 1. The molecule has 122 valence electrons.